The molecule has 1 aliphatic heterocycles. The van der Waals surface area contributed by atoms with Gasteiger partial charge in [-0.2, -0.15) is 0 Å². The Balaban J connectivity index is 1.91. The summed E-state index contributed by atoms with van der Waals surface area (Å²) in [6.07, 6.45) is 0. The fraction of sp³-hybridized carbons (Fsp3) is 0.368. The van der Waals surface area contributed by atoms with Crippen LogP contribution in [-0.4, -0.2) is 46.5 Å². The van der Waals surface area contributed by atoms with Gasteiger partial charge in [-0.1, -0.05) is 0 Å². The van der Waals surface area contributed by atoms with E-state index in [0.717, 1.165) is 13.1 Å². The molecule has 1 aliphatic rings. The molecule has 1 heterocycles. The van der Waals surface area contributed by atoms with Crippen molar-refractivity contribution in [3.05, 3.63) is 59.2 Å². The second-order valence-electron chi connectivity index (χ2n) is 7.03. The molecule has 2 aromatic rings. The third-order valence-electron chi connectivity index (χ3n) is 4.90. The van der Waals surface area contributed by atoms with Gasteiger partial charge < -0.3 is 9.80 Å². The summed E-state index contributed by atoms with van der Waals surface area (Å²) in [6, 6.07) is 3.58. The van der Waals surface area contributed by atoms with E-state index in [1.165, 1.54) is 19.1 Å². The van der Waals surface area contributed by atoms with E-state index in [1.54, 1.807) is 6.07 Å². The summed E-state index contributed by atoms with van der Waals surface area (Å²) in [5, 5.41) is 0. The number of benzene rings is 2. The minimum absolute atomic E-state index is 0.173. The zero-order valence-corrected chi connectivity index (χ0v) is 16.7. The van der Waals surface area contributed by atoms with E-state index in [0.29, 0.717) is 24.3 Å². The van der Waals surface area contributed by atoms with Crippen LogP contribution in [0.25, 0.3) is 0 Å². The van der Waals surface area contributed by atoms with E-state index in [1.807, 2.05) is 11.9 Å². The summed E-state index contributed by atoms with van der Waals surface area (Å²) in [5.74, 6) is -4.94. The molecule has 0 saturated carbocycles. The highest BCUT2D eigenvalue weighted by atomic mass is 32.2. The Morgan fingerprint density at radius 2 is 1.55 bits per heavy atom. The molecule has 0 amide bonds. The molecule has 1 atom stereocenters. The Morgan fingerprint density at radius 1 is 0.931 bits per heavy atom. The van der Waals surface area contributed by atoms with Crippen LogP contribution in [-0.2, 0) is 10.0 Å². The lowest BCUT2D eigenvalue weighted by molar-refractivity contribution is 0.312. The molecule has 0 bridgehead atoms. The Kier molecular flexibility index (Phi) is 6.16. The summed E-state index contributed by atoms with van der Waals surface area (Å²) in [6.45, 7) is 4.40. The van der Waals surface area contributed by atoms with E-state index >= 15 is 0 Å². The van der Waals surface area contributed by atoms with E-state index < -0.39 is 44.2 Å². The average Bonchev–Trinajstić information content (AvgIpc) is 2.65. The molecular formula is C19H21F4N3O2S. The van der Waals surface area contributed by atoms with Gasteiger partial charge in [0.25, 0.3) is 0 Å². The monoisotopic (exact) mass is 431 g/mol. The highest BCUT2D eigenvalue weighted by Gasteiger charge is 2.27. The second-order valence-corrected chi connectivity index (χ2v) is 8.72. The van der Waals surface area contributed by atoms with Crippen LogP contribution in [0.1, 0.15) is 18.5 Å². The number of nitrogens with one attached hydrogen (secondary N) is 1. The molecule has 2 aromatic carbocycles. The number of hydrogen-bond acceptors (Lipinski definition) is 4. The molecule has 5 nitrogen and oxygen atoms in total. The highest BCUT2D eigenvalue weighted by molar-refractivity contribution is 7.89. The number of halogens is 4. The van der Waals surface area contributed by atoms with Crippen LogP contribution in [0.5, 0.6) is 0 Å². The van der Waals surface area contributed by atoms with Crippen molar-refractivity contribution in [3.63, 3.8) is 0 Å². The van der Waals surface area contributed by atoms with Gasteiger partial charge in [-0.05, 0) is 43.8 Å². The van der Waals surface area contributed by atoms with Gasteiger partial charge in [-0.25, -0.2) is 30.7 Å². The lowest BCUT2D eigenvalue weighted by Crippen LogP contribution is -2.45. The number of anilines is 1. The van der Waals surface area contributed by atoms with Gasteiger partial charge in [0.1, 0.15) is 16.5 Å². The van der Waals surface area contributed by atoms with Crippen LogP contribution in [0.15, 0.2) is 35.2 Å². The highest BCUT2D eigenvalue weighted by Crippen LogP contribution is 2.30. The van der Waals surface area contributed by atoms with Crippen molar-refractivity contribution < 1.29 is 26.0 Å². The molecule has 10 heteroatoms. The third-order valence-corrected chi connectivity index (χ3v) is 6.45. The summed E-state index contributed by atoms with van der Waals surface area (Å²) < 4.78 is 81.8. The summed E-state index contributed by atoms with van der Waals surface area (Å²) in [5.41, 5.74) is 1.02. The topological polar surface area (TPSA) is 52.7 Å². The predicted molar refractivity (Wildman–Crippen MR) is 101 cm³/mol. The standard InChI is InChI=1S/C19H21F4N3O2S/c1-12(24-29(27,28)19-11-16(22)15(21)10-17(19)23)14-9-13(20)3-4-18(14)26-7-5-25(2)6-8-26/h3-4,9-12,24H,5-8H2,1-2H3. The number of rotatable bonds is 5. The summed E-state index contributed by atoms with van der Waals surface area (Å²) in [4.78, 5) is 3.14. The van der Waals surface area contributed by atoms with E-state index in [9.17, 15) is 26.0 Å². The summed E-state index contributed by atoms with van der Waals surface area (Å²) in [7, 11) is -2.55. The SMILES string of the molecule is CC(NS(=O)(=O)c1cc(F)c(F)cc1F)c1cc(F)ccc1N1CCN(C)CC1. The van der Waals surface area contributed by atoms with Crippen molar-refractivity contribution in [1.82, 2.24) is 9.62 Å². The van der Waals surface area contributed by atoms with Crippen LogP contribution in [0, 0.1) is 23.3 Å². The van der Waals surface area contributed by atoms with Gasteiger partial charge in [-0.15, -0.1) is 0 Å². The maximum Gasteiger partial charge on any atom is 0.244 e. The van der Waals surface area contributed by atoms with Crippen LogP contribution in [0.2, 0.25) is 0 Å². The lowest BCUT2D eigenvalue weighted by Gasteiger charge is -2.36. The Bertz CT molecular complexity index is 1010. The van der Waals surface area contributed by atoms with Crippen molar-refractivity contribution in [2.24, 2.45) is 0 Å². The number of nitrogens with zero attached hydrogens (tertiary/aromatic N) is 2. The first-order valence-corrected chi connectivity index (χ1v) is 10.5. The molecule has 1 fully saturated rings. The van der Waals surface area contributed by atoms with Gasteiger partial charge in [0, 0.05) is 44.0 Å². The first kappa shape index (κ1) is 21.5. The molecule has 0 aromatic heterocycles. The fourth-order valence-electron chi connectivity index (χ4n) is 3.28. The van der Waals surface area contributed by atoms with Gasteiger partial charge in [0.15, 0.2) is 11.6 Å². The second kappa shape index (κ2) is 8.29. The minimum Gasteiger partial charge on any atom is -0.369 e. The molecule has 1 N–H and O–H groups in total. The van der Waals surface area contributed by atoms with Crippen LogP contribution in [0.4, 0.5) is 23.2 Å². The van der Waals surface area contributed by atoms with Crippen molar-refractivity contribution in [3.8, 4) is 0 Å². The maximum atomic E-state index is 14.0. The minimum atomic E-state index is -4.53. The maximum absolute atomic E-state index is 14.0. The lowest BCUT2D eigenvalue weighted by atomic mass is 10.0. The van der Waals surface area contributed by atoms with E-state index in [2.05, 4.69) is 9.62 Å². The van der Waals surface area contributed by atoms with Crippen molar-refractivity contribution >= 4 is 15.7 Å². The zero-order valence-electron chi connectivity index (χ0n) is 15.9. The van der Waals surface area contributed by atoms with E-state index in [4.69, 9.17) is 0 Å². The van der Waals surface area contributed by atoms with Crippen LogP contribution in [0.3, 0.4) is 0 Å². The number of likely N-dealkylation sites (N-methyl/N-ethyl adjacent to an activating group) is 1. The van der Waals surface area contributed by atoms with Gasteiger partial charge >= 0.3 is 0 Å². The Morgan fingerprint density at radius 3 is 2.21 bits per heavy atom. The Hall–Kier alpha value is -2.17. The predicted octanol–water partition coefficient (Wildman–Crippen LogP) is 3.03. The molecule has 0 spiro atoms. The third kappa shape index (κ3) is 4.71. The quantitative estimate of drug-likeness (QED) is 0.584. The first-order valence-electron chi connectivity index (χ1n) is 8.98. The number of hydrogen-bond donors (Lipinski definition) is 1. The smallest absolute Gasteiger partial charge is 0.244 e. The molecule has 158 valence electrons. The molecule has 0 aliphatic carbocycles. The molecule has 3 rings (SSSR count). The largest absolute Gasteiger partial charge is 0.369 e. The Labute approximate surface area is 167 Å². The van der Waals surface area contributed by atoms with Gasteiger partial charge in [0.05, 0.1) is 0 Å². The van der Waals surface area contributed by atoms with Crippen molar-refractivity contribution in [1.29, 1.82) is 0 Å². The molecule has 1 unspecified atom stereocenters. The van der Waals surface area contributed by atoms with Gasteiger partial charge in [-0.3, -0.25) is 0 Å². The molecular weight excluding hydrogens is 410 g/mol. The zero-order chi connectivity index (χ0) is 21.3. The number of piperazine rings is 1. The van der Waals surface area contributed by atoms with Crippen LogP contribution >= 0.6 is 0 Å². The van der Waals surface area contributed by atoms with Crippen molar-refractivity contribution in [2.75, 3.05) is 38.1 Å². The first-order chi connectivity index (χ1) is 13.6. The summed E-state index contributed by atoms with van der Waals surface area (Å²) >= 11 is 0. The van der Waals surface area contributed by atoms with E-state index in [-0.39, 0.29) is 12.1 Å². The van der Waals surface area contributed by atoms with Gasteiger partial charge in [0.2, 0.25) is 10.0 Å². The average molecular weight is 431 g/mol. The molecule has 0 radical (unpaired) electrons. The van der Waals surface area contributed by atoms with Crippen molar-refractivity contribution in [2.45, 2.75) is 17.9 Å². The molecule has 29 heavy (non-hydrogen) atoms. The molecule has 1 saturated heterocycles. The normalized spacial score (nSPS) is 16.8. The fourth-order valence-corrected chi connectivity index (χ4v) is 4.57. The number of sulfonamides is 1. The van der Waals surface area contributed by atoms with Crippen LogP contribution < -0.4 is 9.62 Å².